The molecule has 4 nitrogen and oxygen atoms in total. The predicted molar refractivity (Wildman–Crippen MR) is 87.0 cm³/mol. The molecule has 1 aromatic heterocycles. The third-order valence-electron chi connectivity index (χ3n) is 3.59. The number of hydrogen-bond donors (Lipinski definition) is 2. The second-order valence-corrected chi connectivity index (χ2v) is 6.07. The van der Waals surface area contributed by atoms with Gasteiger partial charge < -0.3 is 10.4 Å². The van der Waals surface area contributed by atoms with Crippen LogP contribution in [0, 0.1) is 19.7 Å². The van der Waals surface area contributed by atoms with E-state index in [2.05, 4.69) is 10.3 Å². The molecule has 1 heterocycles. The van der Waals surface area contributed by atoms with E-state index in [9.17, 15) is 14.3 Å². The Kier molecular flexibility index (Phi) is 5.02. The fraction of sp³-hybridized carbons (Fsp3) is 0.294. The molecule has 0 fully saturated rings. The highest BCUT2D eigenvalue weighted by molar-refractivity contribution is 6.32. The minimum absolute atomic E-state index is 0.0406. The number of halogens is 2. The number of rotatable bonds is 4. The lowest BCUT2D eigenvalue weighted by atomic mass is 9.96. The Hall–Kier alpha value is -1.98. The average Bonchev–Trinajstić information content (AvgIpc) is 2.44. The maximum Gasteiger partial charge on any atom is 0.254 e. The molecule has 1 atom stereocenters. The summed E-state index contributed by atoms with van der Waals surface area (Å²) in [4.78, 5) is 16.4. The maximum absolute atomic E-state index is 13.0. The molecule has 2 N–H and O–H groups in total. The first-order valence-electron chi connectivity index (χ1n) is 7.11. The van der Waals surface area contributed by atoms with Crippen LogP contribution in [-0.2, 0) is 5.60 Å². The van der Waals surface area contributed by atoms with Gasteiger partial charge in [-0.1, -0.05) is 23.7 Å². The van der Waals surface area contributed by atoms with Crippen LogP contribution in [-0.4, -0.2) is 22.5 Å². The maximum atomic E-state index is 13.0. The third kappa shape index (κ3) is 4.06. The van der Waals surface area contributed by atoms with E-state index in [1.807, 2.05) is 0 Å². The lowest BCUT2D eigenvalue weighted by molar-refractivity contribution is 0.0525. The Morgan fingerprint density at radius 3 is 2.52 bits per heavy atom. The Labute approximate surface area is 139 Å². The summed E-state index contributed by atoms with van der Waals surface area (Å²) in [6.45, 7) is 5.07. The van der Waals surface area contributed by atoms with Gasteiger partial charge in [-0.25, -0.2) is 9.37 Å². The van der Waals surface area contributed by atoms with E-state index in [1.54, 1.807) is 26.8 Å². The number of carbonyl (C=O) groups excluding carboxylic acids is 1. The summed E-state index contributed by atoms with van der Waals surface area (Å²) in [6.07, 6.45) is 0. The van der Waals surface area contributed by atoms with Crippen LogP contribution in [0.15, 0.2) is 30.3 Å². The van der Waals surface area contributed by atoms with E-state index in [4.69, 9.17) is 11.6 Å². The van der Waals surface area contributed by atoms with Crippen molar-refractivity contribution in [1.82, 2.24) is 10.3 Å². The van der Waals surface area contributed by atoms with Crippen LogP contribution in [0.1, 0.15) is 34.1 Å². The Bertz CT molecular complexity index is 707. The molecule has 0 aliphatic heterocycles. The monoisotopic (exact) mass is 336 g/mol. The first kappa shape index (κ1) is 17.4. The van der Waals surface area contributed by atoms with Crippen LogP contribution >= 0.6 is 11.6 Å². The molecule has 1 amide bonds. The SMILES string of the molecule is Cc1cc(C)c(C(=O)NCC(C)(O)c2ccc(F)cc2)c(Cl)n1. The third-order valence-corrected chi connectivity index (χ3v) is 3.86. The lowest BCUT2D eigenvalue weighted by Crippen LogP contribution is -2.39. The van der Waals surface area contributed by atoms with E-state index in [-0.39, 0.29) is 23.1 Å². The van der Waals surface area contributed by atoms with E-state index in [1.165, 1.54) is 24.3 Å². The van der Waals surface area contributed by atoms with Gasteiger partial charge in [0.25, 0.3) is 5.91 Å². The zero-order chi connectivity index (χ0) is 17.2. The number of nitrogens with one attached hydrogen (secondary N) is 1. The fourth-order valence-electron chi connectivity index (χ4n) is 2.32. The van der Waals surface area contributed by atoms with Crippen molar-refractivity contribution < 1.29 is 14.3 Å². The van der Waals surface area contributed by atoms with Crippen LogP contribution in [0.2, 0.25) is 5.15 Å². The van der Waals surface area contributed by atoms with Crippen molar-refractivity contribution in [3.05, 3.63) is 63.7 Å². The number of amides is 1. The number of pyridine rings is 1. The molecule has 23 heavy (non-hydrogen) atoms. The number of aryl methyl sites for hydroxylation is 2. The molecule has 122 valence electrons. The zero-order valence-corrected chi connectivity index (χ0v) is 13.9. The highest BCUT2D eigenvalue weighted by atomic mass is 35.5. The Morgan fingerprint density at radius 2 is 1.96 bits per heavy atom. The summed E-state index contributed by atoms with van der Waals surface area (Å²) in [7, 11) is 0. The minimum Gasteiger partial charge on any atom is -0.384 e. The molecule has 0 spiro atoms. The minimum atomic E-state index is -1.33. The van der Waals surface area contributed by atoms with Gasteiger partial charge in [-0.3, -0.25) is 4.79 Å². The van der Waals surface area contributed by atoms with Gasteiger partial charge in [-0.05, 0) is 50.1 Å². The molecule has 0 radical (unpaired) electrons. The fourth-order valence-corrected chi connectivity index (χ4v) is 2.68. The molecule has 0 saturated heterocycles. The summed E-state index contributed by atoms with van der Waals surface area (Å²) >= 11 is 6.04. The van der Waals surface area contributed by atoms with Gasteiger partial charge >= 0.3 is 0 Å². The first-order valence-corrected chi connectivity index (χ1v) is 7.49. The van der Waals surface area contributed by atoms with E-state index < -0.39 is 11.5 Å². The van der Waals surface area contributed by atoms with Crippen LogP contribution in [0.5, 0.6) is 0 Å². The molecule has 0 aliphatic rings. The van der Waals surface area contributed by atoms with E-state index in [0.29, 0.717) is 11.1 Å². The predicted octanol–water partition coefficient (Wildman–Crippen LogP) is 3.13. The molecule has 1 unspecified atom stereocenters. The summed E-state index contributed by atoms with van der Waals surface area (Å²) in [5.41, 5.74) is 0.891. The zero-order valence-electron chi connectivity index (χ0n) is 13.2. The number of carbonyl (C=O) groups is 1. The van der Waals surface area contributed by atoms with Gasteiger partial charge in [0.15, 0.2) is 0 Å². The standard InChI is InChI=1S/C17H18ClFN2O2/c1-10-8-11(2)21-15(18)14(10)16(22)20-9-17(3,23)12-4-6-13(19)7-5-12/h4-8,23H,9H2,1-3H3,(H,20,22). The second kappa shape index (κ2) is 6.64. The molecule has 1 aromatic carbocycles. The second-order valence-electron chi connectivity index (χ2n) is 5.71. The summed E-state index contributed by atoms with van der Waals surface area (Å²) in [6, 6.07) is 7.24. The average molecular weight is 337 g/mol. The van der Waals surface area contributed by atoms with Gasteiger partial charge in [-0.15, -0.1) is 0 Å². The van der Waals surface area contributed by atoms with Gasteiger partial charge in [-0.2, -0.15) is 0 Å². The van der Waals surface area contributed by atoms with Crippen molar-refractivity contribution in [2.75, 3.05) is 6.54 Å². The van der Waals surface area contributed by atoms with Crippen molar-refractivity contribution in [3.63, 3.8) is 0 Å². The van der Waals surface area contributed by atoms with E-state index >= 15 is 0 Å². The molecule has 0 bridgehead atoms. The number of benzene rings is 1. The Balaban J connectivity index is 2.14. The van der Waals surface area contributed by atoms with Crippen molar-refractivity contribution in [3.8, 4) is 0 Å². The topological polar surface area (TPSA) is 62.2 Å². The van der Waals surface area contributed by atoms with Crippen molar-refractivity contribution in [2.45, 2.75) is 26.4 Å². The molecular weight excluding hydrogens is 319 g/mol. The smallest absolute Gasteiger partial charge is 0.254 e. The molecule has 0 aliphatic carbocycles. The molecule has 0 saturated carbocycles. The van der Waals surface area contributed by atoms with Crippen molar-refractivity contribution in [1.29, 1.82) is 0 Å². The highest BCUT2D eigenvalue weighted by Crippen LogP contribution is 2.22. The number of hydrogen-bond acceptors (Lipinski definition) is 3. The number of aliphatic hydroxyl groups is 1. The van der Waals surface area contributed by atoms with Gasteiger partial charge in [0.1, 0.15) is 16.6 Å². The van der Waals surface area contributed by atoms with Gasteiger partial charge in [0, 0.05) is 5.69 Å². The van der Waals surface area contributed by atoms with Crippen LogP contribution in [0.4, 0.5) is 4.39 Å². The molecular formula is C17H18ClFN2O2. The number of nitrogens with zero attached hydrogens (tertiary/aromatic N) is 1. The van der Waals surface area contributed by atoms with E-state index in [0.717, 1.165) is 5.69 Å². The molecule has 2 aromatic rings. The van der Waals surface area contributed by atoms with Gasteiger partial charge in [0.2, 0.25) is 0 Å². The molecule has 2 rings (SSSR count). The summed E-state index contributed by atoms with van der Waals surface area (Å²) < 4.78 is 13.0. The Morgan fingerprint density at radius 1 is 1.35 bits per heavy atom. The quantitative estimate of drug-likeness (QED) is 0.843. The van der Waals surface area contributed by atoms with Gasteiger partial charge in [0.05, 0.1) is 12.1 Å². The van der Waals surface area contributed by atoms with Crippen LogP contribution < -0.4 is 5.32 Å². The largest absolute Gasteiger partial charge is 0.384 e. The lowest BCUT2D eigenvalue weighted by Gasteiger charge is -2.24. The van der Waals surface area contributed by atoms with Crippen molar-refractivity contribution >= 4 is 17.5 Å². The van der Waals surface area contributed by atoms with Crippen LogP contribution in [0.25, 0.3) is 0 Å². The number of aromatic nitrogens is 1. The summed E-state index contributed by atoms with van der Waals surface area (Å²) in [5, 5.41) is 13.2. The van der Waals surface area contributed by atoms with Crippen LogP contribution in [0.3, 0.4) is 0 Å². The first-order chi connectivity index (χ1) is 10.7. The summed E-state index contributed by atoms with van der Waals surface area (Å²) in [5.74, 6) is -0.802. The normalized spacial score (nSPS) is 13.5. The van der Waals surface area contributed by atoms with Crippen molar-refractivity contribution in [2.24, 2.45) is 0 Å². The highest BCUT2D eigenvalue weighted by Gasteiger charge is 2.25. The molecule has 6 heteroatoms.